The van der Waals surface area contributed by atoms with E-state index in [1.54, 1.807) is 11.8 Å². The number of ketones is 1. The summed E-state index contributed by atoms with van der Waals surface area (Å²) in [7, 11) is 3.94. The SMILES string of the molecule is CCCCOc1ccccc1C1C(C(=O)c2sc(C)nc2C)=C(O)C(=O)N1CCCN(C)C. The Hall–Kier alpha value is -2.71. The van der Waals surface area contributed by atoms with Crippen molar-refractivity contribution in [2.45, 2.75) is 46.1 Å². The largest absolute Gasteiger partial charge is 0.503 e. The second-order valence-electron chi connectivity index (χ2n) is 8.54. The number of carbonyl (C=O) groups excluding carboxylic acids is 2. The first-order valence-corrected chi connectivity index (χ1v) is 12.2. The lowest BCUT2D eigenvalue weighted by Crippen LogP contribution is -2.33. The van der Waals surface area contributed by atoms with Gasteiger partial charge in [-0.2, -0.15) is 0 Å². The summed E-state index contributed by atoms with van der Waals surface area (Å²) < 4.78 is 6.04. The third kappa shape index (κ3) is 5.45. The van der Waals surface area contributed by atoms with Crippen LogP contribution in [0, 0.1) is 13.8 Å². The molecule has 1 aliphatic heterocycles. The number of hydrogen-bond donors (Lipinski definition) is 1. The predicted molar refractivity (Wildman–Crippen MR) is 130 cm³/mol. The van der Waals surface area contributed by atoms with E-state index in [-0.39, 0.29) is 11.4 Å². The fraction of sp³-hybridized carbons (Fsp3) is 0.480. The van der Waals surface area contributed by atoms with E-state index in [4.69, 9.17) is 4.74 Å². The van der Waals surface area contributed by atoms with Crippen molar-refractivity contribution in [2.24, 2.45) is 0 Å². The topological polar surface area (TPSA) is 83.0 Å². The minimum absolute atomic E-state index is 0.100. The number of nitrogens with zero attached hydrogens (tertiary/aromatic N) is 3. The summed E-state index contributed by atoms with van der Waals surface area (Å²) >= 11 is 1.28. The first-order valence-electron chi connectivity index (χ1n) is 11.4. The zero-order valence-electron chi connectivity index (χ0n) is 20.1. The maximum absolute atomic E-state index is 13.6. The minimum atomic E-state index is -0.716. The summed E-state index contributed by atoms with van der Waals surface area (Å²) in [5.74, 6) is -0.737. The van der Waals surface area contributed by atoms with Gasteiger partial charge in [0.05, 0.1) is 33.8 Å². The molecule has 0 aliphatic carbocycles. The average molecular weight is 472 g/mol. The predicted octanol–water partition coefficient (Wildman–Crippen LogP) is 4.47. The number of para-hydroxylation sites is 1. The van der Waals surface area contributed by atoms with Crippen molar-refractivity contribution in [1.29, 1.82) is 0 Å². The van der Waals surface area contributed by atoms with E-state index in [1.807, 2.05) is 50.2 Å². The van der Waals surface area contributed by atoms with Gasteiger partial charge in [-0.05, 0) is 53.4 Å². The number of aromatic nitrogens is 1. The smallest absolute Gasteiger partial charge is 0.290 e. The van der Waals surface area contributed by atoms with Gasteiger partial charge in [0.15, 0.2) is 5.76 Å². The quantitative estimate of drug-likeness (QED) is 0.385. The molecule has 33 heavy (non-hydrogen) atoms. The Kier molecular flexibility index (Phi) is 8.26. The molecule has 0 fully saturated rings. The number of rotatable bonds is 11. The number of aliphatic hydroxyl groups is 1. The molecule has 0 spiro atoms. The molecule has 3 rings (SSSR count). The number of benzene rings is 1. The summed E-state index contributed by atoms with van der Waals surface area (Å²) in [6, 6.07) is 6.75. The van der Waals surface area contributed by atoms with E-state index >= 15 is 0 Å². The molecular weight excluding hydrogens is 438 g/mol. The molecule has 1 atom stereocenters. The van der Waals surface area contributed by atoms with Gasteiger partial charge in [-0.15, -0.1) is 11.3 Å². The Labute approximate surface area is 199 Å². The van der Waals surface area contributed by atoms with Gasteiger partial charge in [-0.3, -0.25) is 9.59 Å². The van der Waals surface area contributed by atoms with Crippen molar-refractivity contribution < 1.29 is 19.4 Å². The van der Waals surface area contributed by atoms with Crippen LogP contribution in [0.2, 0.25) is 0 Å². The number of ether oxygens (including phenoxy) is 1. The highest BCUT2D eigenvalue weighted by Gasteiger charge is 2.45. The maximum Gasteiger partial charge on any atom is 0.290 e. The number of Topliss-reactive ketones (excluding diaryl/α,β-unsaturated/α-hetero) is 1. The Balaban J connectivity index is 2.06. The zero-order chi connectivity index (χ0) is 24.1. The van der Waals surface area contributed by atoms with Gasteiger partial charge in [0.2, 0.25) is 5.78 Å². The van der Waals surface area contributed by atoms with Crippen LogP contribution in [0.5, 0.6) is 5.75 Å². The molecule has 8 heteroatoms. The van der Waals surface area contributed by atoms with E-state index in [0.717, 1.165) is 24.4 Å². The number of hydrogen-bond acceptors (Lipinski definition) is 7. The zero-order valence-corrected chi connectivity index (χ0v) is 20.9. The van der Waals surface area contributed by atoms with Crippen LogP contribution in [-0.2, 0) is 4.79 Å². The molecule has 0 bridgehead atoms. The first kappa shape index (κ1) is 24.9. The number of thiazole rings is 1. The molecule has 0 radical (unpaired) electrons. The second kappa shape index (κ2) is 10.9. The highest BCUT2D eigenvalue weighted by molar-refractivity contribution is 7.14. The molecule has 1 aromatic heterocycles. The number of aryl methyl sites for hydroxylation is 2. The lowest BCUT2D eigenvalue weighted by molar-refractivity contribution is -0.129. The van der Waals surface area contributed by atoms with E-state index in [2.05, 4.69) is 11.9 Å². The summed E-state index contributed by atoms with van der Waals surface area (Å²) in [6.45, 7) is 7.44. The number of unbranched alkanes of at least 4 members (excludes halogenated alkanes) is 1. The maximum atomic E-state index is 13.6. The standard InChI is InChI=1S/C25H33N3O4S/c1-6-7-15-32-19-12-9-8-11-18(19)21-20(22(29)24-16(2)26-17(3)33-24)23(30)25(31)28(21)14-10-13-27(4)5/h8-9,11-12,21,30H,6-7,10,13-15H2,1-5H3. The van der Waals surface area contributed by atoms with Gasteiger partial charge >= 0.3 is 0 Å². The lowest BCUT2D eigenvalue weighted by Gasteiger charge is -2.28. The molecule has 2 heterocycles. The summed E-state index contributed by atoms with van der Waals surface area (Å²) in [4.78, 5) is 35.3. The molecule has 1 unspecified atom stereocenters. The Bertz CT molecular complexity index is 1040. The van der Waals surface area contributed by atoms with E-state index in [1.165, 1.54) is 11.3 Å². The molecule has 2 aromatic rings. The van der Waals surface area contributed by atoms with Crippen molar-refractivity contribution in [2.75, 3.05) is 33.8 Å². The van der Waals surface area contributed by atoms with Gasteiger partial charge in [0, 0.05) is 12.1 Å². The van der Waals surface area contributed by atoms with E-state index < -0.39 is 17.7 Å². The molecule has 1 amide bonds. The highest BCUT2D eigenvalue weighted by atomic mass is 32.1. The van der Waals surface area contributed by atoms with Crippen LogP contribution in [0.1, 0.15) is 58.2 Å². The summed E-state index contributed by atoms with van der Waals surface area (Å²) in [5, 5.41) is 11.7. The van der Waals surface area contributed by atoms with Crippen molar-refractivity contribution >= 4 is 23.0 Å². The lowest BCUT2D eigenvalue weighted by atomic mass is 9.94. The first-order chi connectivity index (χ1) is 15.8. The molecule has 0 saturated heterocycles. The Morgan fingerprint density at radius 2 is 1.97 bits per heavy atom. The van der Waals surface area contributed by atoms with Crippen molar-refractivity contribution in [3.05, 3.63) is 56.7 Å². The van der Waals surface area contributed by atoms with Gasteiger partial charge in [0.1, 0.15) is 5.75 Å². The molecule has 1 N–H and O–H groups in total. The van der Waals surface area contributed by atoms with Crippen molar-refractivity contribution in [3.8, 4) is 5.75 Å². The minimum Gasteiger partial charge on any atom is -0.503 e. The Morgan fingerprint density at radius 1 is 1.24 bits per heavy atom. The molecule has 7 nitrogen and oxygen atoms in total. The number of carbonyl (C=O) groups is 2. The fourth-order valence-corrected chi connectivity index (χ4v) is 4.90. The number of amides is 1. The molecule has 1 aliphatic rings. The molecule has 1 aromatic carbocycles. The van der Waals surface area contributed by atoms with Gasteiger partial charge < -0.3 is 19.6 Å². The monoisotopic (exact) mass is 471 g/mol. The van der Waals surface area contributed by atoms with E-state index in [0.29, 0.717) is 41.5 Å². The fourth-order valence-electron chi connectivity index (χ4n) is 4.03. The molecule has 178 valence electrons. The normalized spacial score (nSPS) is 16.2. The van der Waals surface area contributed by atoms with Crippen LogP contribution in [0.15, 0.2) is 35.6 Å². The number of aliphatic hydroxyl groups excluding tert-OH is 1. The van der Waals surface area contributed by atoms with Crippen LogP contribution in [0.3, 0.4) is 0 Å². The van der Waals surface area contributed by atoms with Crippen LogP contribution in [0.4, 0.5) is 0 Å². The Morgan fingerprint density at radius 3 is 2.61 bits per heavy atom. The highest BCUT2D eigenvalue weighted by Crippen LogP contribution is 2.43. The summed E-state index contributed by atoms with van der Waals surface area (Å²) in [5.41, 5.74) is 1.41. The van der Waals surface area contributed by atoms with Gasteiger partial charge in [-0.1, -0.05) is 31.5 Å². The van der Waals surface area contributed by atoms with E-state index in [9.17, 15) is 14.7 Å². The summed E-state index contributed by atoms with van der Waals surface area (Å²) in [6.07, 6.45) is 2.60. The van der Waals surface area contributed by atoms with Crippen molar-refractivity contribution in [1.82, 2.24) is 14.8 Å². The third-order valence-corrected chi connectivity index (χ3v) is 6.70. The van der Waals surface area contributed by atoms with Crippen LogP contribution >= 0.6 is 11.3 Å². The van der Waals surface area contributed by atoms with Crippen LogP contribution < -0.4 is 4.74 Å². The second-order valence-corrected chi connectivity index (χ2v) is 9.74. The van der Waals surface area contributed by atoms with Crippen LogP contribution in [0.25, 0.3) is 0 Å². The third-order valence-electron chi connectivity index (χ3n) is 5.63. The van der Waals surface area contributed by atoms with Crippen LogP contribution in [-0.4, -0.2) is 65.4 Å². The van der Waals surface area contributed by atoms with Crippen molar-refractivity contribution in [3.63, 3.8) is 0 Å². The molecular formula is C25H33N3O4S. The molecule has 0 saturated carbocycles. The average Bonchev–Trinajstić information content (AvgIpc) is 3.24. The van der Waals surface area contributed by atoms with Gasteiger partial charge in [0.25, 0.3) is 5.91 Å². The van der Waals surface area contributed by atoms with Gasteiger partial charge in [-0.25, -0.2) is 4.98 Å².